The zero-order chi connectivity index (χ0) is 10.6. The van der Waals surface area contributed by atoms with Gasteiger partial charge in [-0.25, -0.2) is 4.79 Å². The van der Waals surface area contributed by atoms with Crippen LogP contribution in [-0.4, -0.2) is 16.9 Å². The topological polar surface area (TPSA) is 46.5 Å². The fourth-order valence-electron chi connectivity index (χ4n) is 0.768. The van der Waals surface area contributed by atoms with Gasteiger partial charge in [0.1, 0.15) is 0 Å². The van der Waals surface area contributed by atoms with Gasteiger partial charge in [0.05, 0.1) is 0 Å². The Morgan fingerprint density at radius 1 is 1.46 bits per heavy atom. The van der Waals surface area contributed by atoms with Crippen molar-refractivity contribution in [2.75, 3.05) is 0 Å². The molecule has 0 heterocycles. The van der Waals surface area contributed by atoms with E-state index in [9.17, 15) is 9.90 Å². The molecule has 13 heavy (non-hydrogen) atoms. The van der Waals surface area contributed by atoms with E-state index in [1.54, 1.807) is 27.7 Å². The Labute approximate surface area is 79.4 Å². The standard InChI is InChI=1S/C10H17O3/c1-6-10(12,8(4)5)13-9(11)7(2)3/h12H,2,6H2,1,3-5H3. The van der Waals surface area contributed by atoms with Gasteiger partial charge in [0.25, 0.3) is 0 Å². The predicted molar refractivity (Wildman–Crippen MR) is 50.7 cm³/mol. The molecule has 3 heteroatoms. The molecule has 0 aromatic heterocycles. The van der Waals surface area contributed by atoms with Gasteiger partial charge in [0, 0.05) is 17.9 Å². The minimum Gasteiger partial charge on any atom is -0.429 e. The van der Waals surface area contributed by atoms with Crippen LogP contribution in [0.1, 0.15) is 34.1 Å². The van der Waals surface area contributed by atoms with Crippen molar-refractivity contribution >= 4 is 5.97 Å². The zero-order valence-corrected chi connectivity index (χ0v) is 8.68. The van der Waals surface area contributed by atoms with E-state index in [-0.39, 0.29) is 5.57 Å². The van der Waals surface area contributed by atoms with Crippen molar-refractivity contribution in [3.63, 3.8) is 0 Å². The van der Waals surface area contributed by atoms with Crippen molar-refractivity contribution in [1.29, 1.82) is 0 Å². The summed E-state index contributed by atoms with van der Waals surface area (Å²) >= 11 is 0. The van der Waals surface area contributed by atoms with Gasteiger partial charge in [-0.05, 0) is 6.92 Å². The molecular formula is C10H17O3. The third kappa shape index (κ3) is 3.19. The monoisotopic (exact) mass is 185 g/mol. The number of carbonyl (C=O) groups excluding carboxylic acids is 1. The fourth-order valence-corrected chi connectivity index (χ4v) is 0.768. The van der Waals surface area contributed by atoms with E-state index in [4.69, 9.17) is 4.74 Å². The first-order valence-electron chi connectivity index (χ1n) is 4.25. The first-order chi connectivity index (χ1) is 5.83. The first-order valence-corrected chi connectivity index (χ1v) is 4.25. The highest BCUT2D eigenvalue weighted by atomic mass is 16.7. The molecule has 0 saturated heterocycles. The lowest BCUT2D eigenvalue weighted by Crippen LogP contribution is -2.38. The molecule has 0 saturated carbocycles. The highest BCUT2D eigenvalue weighted by Gasteiger charge is 2.33. The minimum absolute atomic E-state index is 0.285. The van der Waals surface area contributed by atoms with Crippen molar-refractivity contribution in [2.24, 2.45) is 0 Å². The lowest BCUT2D eigenvalue weighted by Gasteiger charge is -2.29. The van der Waals surface area contributed by atoms with Crippen LogP contribution in [0.15, 0.2) is 12.2 Å². The van der Waals surface area contributed by atoms with Gasteiger partial charge in [-0.3, -0.25) is 0 Å². The largest absolute Gasteiger partial charge is 0.429 e. The molecule has 0 aliphatic carbocycles. The van der Waals surface area contributed by atoms with Gasteiger partial charge in [0.15, 0.2) is 0 Å². The molecule has 0 aliphatic rings. The summed E-state index contributed by atoms with van der Waals surface area (Å²) in [6.45, 7) is 10.2. The van der Waals surface area contributed by atoms with E-state index in [0.717, 1.165) is 0 Å². The Kier molecular flexibility index (Phi) is 4.14. The molecule has 3 nitrogen and oxygen atoms in total. The van der Waals surface area contributed by atoms with E-state index < -0.39 is 11.8 Å². The first kappa shape index (κ1) is 12.2. The van der Waals surface area contributed by atoms with Crippen LogP contribution < -0.4 is 0 Å². The van der Waals surface area contributed by atoms with Gasteiger partial charge in [0.2, 0.25) is 5.79 Å². The second-order valence-corrected chi connectivity index (χ2v) is 3.31. The minimum atomic E-state index is -1.45. The quantitative estimate of drug-likeness (QED) is 0.413. The zero-order valence-electron chi connectivity index (χ0n) is 8.68. The van der Waals surface area contributed by atoms with E-state index >= 15 is 0 Å². The van der Waals surface area contributed by atoms with Crippen LogP contribution in [-0.2, 0) is 9.53 Å². The number of rotatable bonds is 4. The van der Waals surface area contributed by atoms with E-state index in [2.05, 4.69) is 6.58 Å². The normalized spacial score (nSPS) is 15.2. The van der Waals surface area contributed by atoms with Crippen LogP contribution in [0.5, 0.6) is 0 Å². The van der Waals surface area contributed by atoms with E-state index in [0.29, 0.717) is 12.3 Å². The smallest absolute Gasteiger partial charge is 0.335 e. The summed E-state index contributed by atoms with van der Waals surface area (Å²) in [5.74, 6) is -1.36. The second kappa shape index (κ2) is 4.42. The van der Waals surface area contributed by atoms with Crippen molar-refractivity contribution in [2.45, 2.75) is 39.9 Å². The summed E-state index contributed by atoms with van der Waals surface area (Å²) < 4.78 is 4.89. The van der Waals surface area contributed by atoms with Crippen LogP contribution in [0.2, 0.25) is 0 Å². The molecule has 0 fully saturated rings. The molecular weight excluding hydrogens is 168 g/mol. The molecule has 1 N–H and O–H groups in total. The lowest BCUT2D eigenvalue weighted by molar-refractivity contribution is -0.198. The number of hydrogen-bond acceptors (Lipinski definition) is 3. The van der Waals surface area contributed by atoms with E-state index in [1.807, 2.05) is 0 Å². The molecule has 0 spiro atoms. The number of ether oxygens (including phenoxy) is 1. The molecule has 0 aliphatic heterocycles. The average molecular weight is 185 g/mol. The summed E-state index contributed by atoms with van der Waals surface area (Å²) in [5.41, 5.74) is 0.285. The van der Waals surface area contributed by atoms with Crippen LogP contribution in [0, 0.1) is 5.92 Å². The summed E-state index contributed by atoms with van der Waals surface area (Å²) in [5, 5.41) is 9.80. The van der Waals surface area contributed by atoms with Crippen LogP contribution in [0.3, 0.4) is 0 Å². The Bertz CT molecular complexity index is 208. The third-order valence-corrected chi connectivity index (χ3v) is 1.87. The van der Waals surface area contributed by atoms with Crippen LogP contribution in [0.4, 0.5) is 0 Å². The molecule has 0 amide bonds. The summed E-state index contributed by atoms with van der Waals surface area (Å²) in [6, 6.07) is 0. The molecule has 0 aromatic carbocycles. The molecule has 1 unspecified atom stereocenters. The summed E-state index contributed by atoms with van der Waals surface area (Å²) in [4.78, 5) is 11.1. The molecule has 0 aromatic rings. The Hall–Kier alpha value is -0.830. The van der Waals surface area contributed by atoms with Crippen molar-refractivity contribution in [3.8, 4) is 0 Å². The fraction of sp³-hybridized carbons (Fsp3) is 0.600. The highest BCUT2D eigenvalue weighted by Crippen LogP contribution is 2.24. The van der Waals surface area contributed by atoms with Crippen molar-refractivity contribution in [3.05, 3.63) is 18.1 Å². The number of aliphatic hydroxyl groups is 1. The van der Waals surface area contributed by atoms with Crippen molar-refractivity contribution < 1.29 is 14.6 Å². The number of esters is 1. The Morgan fingerprint density at radius 2 is 1.92 bits per heavy atom. The van der Waals surface area contributed by atoms with Crippen molar-refractivity contribution in [1.82, 2.24) is 0 Å². The maximum atomic E-state index is 11.1. The van der Waals surface area contributed by atoms with Gasteiger partial charge >= 0.3 is 5.97 Å². The van der Waals surface area contributed by atoms with Gasteiger partial charge in [-0.2, -0.15) is 0 Å². The molecule has 0 rings (SSSR count). The SMILES string of the molecule is C=C(C)C(=O)OC(O)(CC)[C](C)C. The lowest BCUT2D eigenvalue weighted by atomic mass is 10.0. The molecule has 75 valence electrons. The van der Waals surface area contributed by atoms with Crippen LogP contribution in [0.25, 0.3) is 0 Å². The van der Waals surface area contributed by atoms with Gasteiger partial charge in [-0.15, -0.1) is 0 Å². The Balaban J connectivity index is 4.45. The molecule has 0 bridgehead atoms. The van der Waals surface area contributed by atoms with Gasteiger partial charge < -0.3 is 9.84 Å². The molecule has 1 atom stereocenters. The van der Waals surface area contributed by atoms with Gasteiger partial charge in [-0.1, -0.05) is 27.4 Å². The summed E-state index contributed by atoms with van der Waals surface area (Å²) in [7, 11) is 0. The highest BCUT2D eigenvalue weighted by molar-refractivity contribution is 5.87. The average Bonchev–Trinajstić information content (AvgIpc) is 2.03. The van der Waals surface area contributed by atoms with Crippen LogP contribution >= 0.6 is 0 Å². The number of hydrogen-bond donors (Lipinski definition) is 1. The maximum Gasteiger partial charge on any atom is 0.335 e. The predicted octanol–water partition coefficient (Wildman–Crippen LogP) is 1.82. The maximum absolute atomic E-state index is 11.1. The Morgan fingerprint density at radius 3 is 2.15 bits per heavy atom. The second-order valence-electron chi connectivity index (χ2n) is 3.31. The third-order valence-electron chi connectivity index (χ3n) is 1.87. The molecule has 1 radical (unpaired) electrons. The van der Waals surface area contributed by atoms with E-state index in [1.165, 1.54) is 0 Å². The summed E-state index contributed by atoms with van der Waals surface area (Å²) in [6.07, 6.45) is 0.342. The number of carbonyl (C=O) groups is 1.